The summed E-state index contributed by atoms with van der Waals surface area (Å²) >= 11 is 0. The van der Waals surface area contributed by atoms with E-state index in [1.54, 1.807) is 0 Å². The maximum atomic E-state index is 12.5. The summed E-state index contributed by atoms with van der Waals surface area (Å²) in [4.78, 5) is 26.0. The molecule has 0 radical (unpaired) electrons. The predicted octanol–water partition coefficient (Wildman–Crippen LogP) is 3.83. The van der Waals surface area contributed by atoms with Crippen molar-refractivity contribution >= 4 is 11.9 Å². The number of nitrogens with zero attached hydrogens (tertiary/aromatic N) is 1. The number of amides is 3. The average molecular weight is 364 g/mol. The first-order chi connectivity index (χ1) is 12.7. The maximum absolute atomic E-state index is 12.5. The third-order valence-corrected chi connectivity index (χ3v) is 6.91. The number of rotatable bonds is 4. The summed E-state index contributed by atoms with van der Waals surface area (Å²) in [5.74, 6) is 1.75. The van der Waals surface area contributed by atoms with Crippen molar-refractivity contribution in [3.63, 3.8) is 0 Å². The number of carbonyl (C=O) groups excluding carboxylic acids is 2. The molecule has 2 N–H and O–H groups in total. The highest BCUT2D eigenvalue weighted by molar-refractivity contribution is 5.94. The molecule has 0 unspecified atom stereocenters. The van der Waals surface area contributed by atoms with Crippen LogP contribution < -0.4 is 10.6 Å². The van der Waals surface area contributed by atoms with Gasteiger partial charge in [0.1, 0.15) is 0 Å². The number of urea groups is 1. The SMILES string of the molecule is CNC1CCC(CC2CCC(NC(=O)N3CCCCCC3=O)CC2)CC1. The Morgan fingerprint density at radius 2 is 1.54 bits per heavy atom. The summed E-state index contributed by atoms with van der Waals surface area (Å²) in [5.41, 5.74) is 0. The van der Waals surface area contributed by atoms with Gasteiger partial charge in [0.2, 0.25) is 5.91 Å². The number of nitrogens with one attached hydrogen (secondary N) is 2. The molecule has 0 aromatic rings. The van der Waals surface area contributed by atoms with Gasteiger partial charge in [0.15, 0.2) is 0 Å². The lowest BCUT2D eigenvalue weighted by molar-refractivity contribution is -0.127. The van der Waals surface area contributed by atoms with Gasteiger partial charge < -0.3 is 10.6 Å². The Labute approximate surface area is 158 Å². The van der Waals surface area contributed by atoms with E-state index in [0.29, 0.717) is 13.0 Å². The van der Waals surface area contributed by atoms with Crippen molar-refractivity contribution in [3.05, 3.63) is 0 Å². The summed E-state index contributed by atoms with van der Waals surface area (Å²) in [7, 11) is 2.08. The molecule has 26 heavy (non-hydrogen) atoms. The van der Waals surface area contributed by atoms with E-state index in [0.717, 1.165) is 50.0 Å². The third-order valence-electron chi connectivity index (χ3n) is 6.91. The molecule has 3 aliphatic rings. The Morgan fingerprint density at radius 1 is 0.923 bits per heavy atom. The molecule has 1 aliphatic heterocycles. The highest BCUT2D eigenvalue weighted by Crippen LogP contribution is 2.35. The average Bonchev–Trinajstić information content (AvgIpc) is 2.88. The quantitative estimate of drug-likeness (QED) is 0.798. The molecular weight excluding hydrogens is 326 g/mol. The van der Waals surface area contributed by atoms with Crippen molar-refractivity contribution in [2.75, 3.05) is 13.6 Å². The van der Waals surface area contributed by atoms with E-state index in [-0.39, 0.29) is 18.0 Å². The normalized spacial score (nSPS) is 33.6. The van der Waals surface area contributed by atoms with Gasteiger partial charge in [-0.05, 0) is 89.5 Å². The second-order valence-electron chi connectivity index (χ2n) is 8.77. The zero-order valence-corrected chi connectivity index (χ0v) is 16.5. The van der Waals surface area contributed by atoms with Gasteiger partial charge in [0, 0.05) is 25.0 Å². The van der Waals surface area contributed by atoms with Crippen molar-refractivity contribution in [2.24, 2.45) is 11.8 Å². The van der Waals surface area contributed by atoms with Crippen LogP contribution in [0.2, 0.25) is 0 Å². The third kappa shape index (κ3) is 5.45. The Kier molecular flexibility index (Phi) is 7.35. The van der Waals surface area contributed by atoms with Crippen LogP contribution in [0.3, 0.4) is 0 Å². The van der Waals surface area contributed by atoms with E-state index in [1.165, 1.54) is 49.8 Å². The van der Waals surface area contributed by atoms with Crippen LogP contribution >= 0.6 is 0 Å². The van der Waals surface area contributed by atoms with E-state index in [9.17, 15) is 9.59 Å². The molecule has 1 heterocycles. The maximum Gasteiger partial charge on any atom is 0.324 e. The highest BCUT2D eigenvalue weighted by atomic mass is 16.2. The van der Waals surface area contributed by atoms with Crippen molar-refractivity contribution in [1.29, 1.82) is 0 Å². The summed E-state index contributed by atoms with van der Waals surface area (Å²) < 4.78 is 0. The zero-order valence-electron chi connectivity index (χ0n) is 16.5. The second-order valence-corrected chi connectivity index (χ2v) is 8.77. The fourth-order valence-corrected chi connectivity index (χ4v) is 5.15. The molecular formula is C21H37N3O2. The molecule has 3 rings (SSSR count). The smallest absolute Gasteiger partial charge is 0.324 e. The standard InChI is InChI=1S/C21H37N3O2/c1-22-18-10-6-16(7-11-18)15-17-8-12-19(13-9-17)23-21(26)24-14-4-2-3-5-20(24)25/h16-19,22H,2-15H2,1H3,(H,23,26). The summed E-state index contributed by atoms with van der Waals surface area (Å²) in [6.07, 6.45) is 14.8. The minimum absolute atomic E-state index is 0.00542. The molecule has 3 amide bonds. The van der Waals surface area contributed by atoms with Gasteiger partial charge in [-0.2, -0.15) is 0 Å². The molecule has 3 fully saturated rings. The van der Waals surface area contributed by atoms with Gasteiger partial charge in [-0.1, -0.05) is 6.42 Å². The Bertz CT molecular complexity index is 466. The lowest BCUT2D eigenvalue weighted by Crippen LogP contribution is -2.48. The van der Waals surface area contributed by atoms with Gasteiger partial charge >= 0.3 is 6.03 Å². The molecule has 1 saturated heterocycles. The first kappa shape index (κ1) is 19.7. The molecule has 0 aromatic carbocycles. The molecule has 5 heteroatoms. The molecule has 0 atom stereocenters. The molecule has 148 valence electrons. The Hall–Kier alpha value is -1.10. The van der Waals surface area contributed by atoms with Crippen LogP contribution in [-0.4, -0.2) is 42.5 Å². The first-order valence-electron chi connectivity index (χ1n) is 10.9. The zero-order chi connectivity index (χ0) is 18.4. The van der Waals surface area contributed by atoms with Crippen molar-refractivity contribution in [1.82, 2.24) is 15.5 Å². The van der Waals surface area contributed by atoms with Crippen LogP contribution in [0.4, 0.5) is 4.79 Å². The fraction of sp³-hybridized carbons (Fsp3) is 0.905. The summed E-state index contributed by atoms with van der Waals surface area (Å²) in [5, 5.41) is 6.56. The van der Waals surface area contributed by atoms with Crippen LogP contribution in [0, 0.1) is 11.8 Å². The van der Waals surface area contributed by atoms with Crippen LogP contribution in [0.5, 0.6) is 0 Å². The van der Waals surface area contributed by atoms with Crippen molar-refractivity contribution < 1.29 is 9.59 Å². The minimum atomic E-state index is -0.147. The van der Waals surface area contributed by atoms with Gasteiger partial charge in [-0.15, -0.1) is 0 Å². The Balaban J connectivity index is 1.37. The lowest BCUT2D eigenvalue weighted by atomic mass is 9.76. The predicted molar refractivity (Wildman–Crippen MR) is 104 cm³/mol. The van der Waals surface area contributed by atoms with Gasteiger partial charge in [0.05, 0.1) is 0 Å². The molecule has 0 spiro atoms. The van der Waals surface area contributed by atoms with Crippen LogP contribution in [0.25, 0.3) is 0 Å². The van der Waals surface area contributed by atoms with E-state index >= 15 is 0 Å². The van der Waals surface area contributed by atoms with E-state index < -0.39 is 0 Å². The topological polar surface area (TPSA) is 61.4 Å². The second kappa shape index (κ2) is 9.72. The number of imide groups is 1. The van der Waals surface area contributed by atoms with Crippen molar-refractivity contribution in [3.8, 4) is 0 Å². The monoisotopic (exact) mass is 363 g/mol. The number of carbonyl (C=O) groups is 2. The summed E-state index contributed by atoms with van der Waals surface area (Å²) in [6, 6.07) is 0.847. The number of likely N-dealkylation sites (tertiary alicyclic amines) is 1. The largest absolute Gasteiger partial charge is 0.335 e. The molecule has 5 nitrogen and oxygen atoms in total. The van der Waals surface area contributed by atoms with Crippen LogP contribution in [-0.2, 0) is 4.79 Å². The number of hydrogen-bond donors (Lipinski definition) is 2. The fourth-order valence-electron chi connectivity index (χ4n) is 5.15. The minimum Gasteiger partial charge on any atom is -0.335 e. The molecule has 2 aliphatic carbocycles. The molecule has 0 bridgehead atoms. The molecule has 2 saturated carbocycles. The van der Waals surface area contributed by atoms with Crippen LogP contribution in [0.1, 0.15) is 83.5 Å². The first-order valence-corrected chi connectivity index (χ1v) is 10.9. The van der Waals surface area contributed by atoms with E-state index in [1.807, 2.05) is 0 Å². The van der Waals surface area contributed by atoms with Crippen LogP contribution in [0.15, 0.2) is 0 Å². The van der Waals surface area contributed by atoms with Gasteiger partial charge in [0.25, 0.3) is 0 Å². The summed E-state index contributed by atoms with van der Waals surface area (Å²) in [6.45, 7) is 0.593. The Morgan fingerprint density at radius 3 is 2.15 bits per heavy atom. The van der Waals surface area contributed by atoms with E-state index in [2.05, 4.69) is 17.7 Å². The van der Waals surface area contributed by atoms with Gasteiger partial charge in [-0.3, -0.25) is 9.69 Å². The highest BCUT2D eigenvalue weighted by Gasteiger charge is 2.29. The number of hydrogen-bond acceptors (Lipinski definition) is 3. The molecule has 0 aromatic heterocycles. The lowest BCUT2D eigenvalue weighted by Gasteiger charge is -2.34. The van der Waals surface area contributed by atoms with E-state index in [4.69, 9.17) is 0 Å². The van der Waals surface area contributed by atoms with Gasteiger partial charge in [-0.25, -0.2) is 4.79 Å². The van der Waals surface area contributed by atoms with Crippen molar-refractivity contribution in [2.45, 2.75) is 95.6 Å².